The zero-order chi connectivity index (χ0) is 17.8. The molecule has 3 rings (SSSR count). The molecule has 0 radical (unpaired) electrons. The Morgan fingerprint density at radius 2 is 2.00 bits per heavy atom. The number of nitrogens with one attached hydrogen (secondary N) is 1. The molecule has 1 saturated heterocycles. The van der Waals surface area contributed by atoms with Gasteiger partial charge in [0.05, 0.1) is 12.2 Å². The SMILES string of the molecule is CC1=C(C(=O)N[C@@H](c2nc(C(C)C)no2)C2CCOCC2)CCCO1. The molecule has 0 saturated carbocycles. The third-order valence-electron chi connectivity index (χ3n) is 4.85. The van der Waals surface area contributed by atoms with Crippen molar-refractivity contribution in [1.29, 1.82) is 0 Å². The number of hydrogen-bond acceptors (Lipinski definition) is 6. The first-order chi connectivity index (χ1) is 12.1. The maximum Gasteiger partial charge on any atom is 0.251 e. The highest BCUT2D eigenvalue weighted by atomic mass is 16.5. The Hall–Kier alpha value is -1.89. The zero-order valence-electron chi connectivity index (χ0n) is 15.2. The van der Waals surface area contributed by atoms with Crippen LogP contribution in [0.1, 0.15) is 70.1 Å². The van der Waals surface area contributed by atoms with E-state index >= 15 is 0 Å². The second-order valence-corrected chi connectivity index (χ2v) is 7.03. The van der Waals surface area contributed by atoms with Gasteiger partial charge in [0.15, 0.2) is 5.82 Å². The quantitative estimate of drug-likeness (QED) is 0.879. The third-order valence-corrected chi connectivity index (χ3v) is 4.85. The van der Waals surface area contributed by atoms with Crippen LogP contribution in [0.5, 0.6) is 0 Å². The number of carbonyl (C=O) groups excluding carboxylic acids is 1. The van der Waals surface area contributed by atoms with Crippen molar-refractivity contribution in [3.63, 3.8) is 0 Å². The summed E-state index contributed by atoms with van der Waals surface area (Å²) < 4.78 is 16.5. The van der Waals surface area contributed by atoms with Crippen LogP contribution in [0.2, 0.25) is 0 Å². The van der Waals surface area contributed by atoms with Crippen molar-refractivity contribution in [2.75, 3.05) is 19.8 Å². The molecular formula is C18H27N3O4. The van der Waals surface area contributed by atoms with E-state index in [9.17, 15) is 4.79 Å². The van der Waals surface area contributed by atoms with Crippen LogP contribution in [0.4, 0.5) is 0 Å². The van der Waals surface area contributed by atoms with Gasteiger partial charge in [-0.2, -0.15) is 4.98 Å². The fraction of sp³-hybridized carbons (Fsp3) is 0.722. The lowest BCUT2D eigenvalue weighted by Crippen LogP contribution is -2.37. The molecule has 3 heterocycles. The monoisotopic (exact) mass is 349 g/mol. The number of ether oxygens (including phenoxy) is 2. The van der Waals surface area contributed by atoms with Crippen LogP contribution in [0.15, 0.2) is 15.9 Å². The molecule has 1 amide bonds. The number of allylic oxidation sites excluding steroid dienone is 1. The average molecular weight is 349 g/mol. The van der Waals surface area contributed by atoms with Crippen LogP contribution in [0.25, 0.3) is 0 Å². The largest absolute Gasteiger partial charge is 0.498 e. The highest BCUT2D eigenvalue weighted by Crippen LogP contribution is 2.31. The number of nitrogens with zero attached hydrogens (tertiary/aromatic N) is 2. The lowest BCUT2D eigenvalue weighted by molar-refractivity contribution is -0.119. The molecule has 7 heteroatoms. The lowest BCUT2D eigenvalue weighted by atomic mass is 9.91. The second-order valence-electron chi connectivity index (χ2n) is 7.03. The third kappa shape index (κ3) is 4.21. The fourth-order valence-corrected chi connectivity index (χ4v) is 3.28. The first-order valence-corrected chi connectivity index (χ1v) is 9.11. The van der Waals surface area contributed by atoms with Gasteiger partial charge in [0.2, 0.25) is 5.89 Å². The summed E-state index contributed by atoms with van der Waals surface area (Å²) in [5.41, 5.74) is 0.715. The highest BCUT2D eigenvalue weighted by Gasteiger charge is 2.33. The van der Waals surface area contributed by atoms with Crippen LogP contribution in [-0.2, 0) is 14.3 Å². The van der Waals surface area contributed by atoms with Crippen LogP contribution < -0.4 is 5.32 Å². The Morgan fingerprint density at radius 1 is 1.24 bits per heavy atom. The number of hydrogen-bond donors (Lipinski definition) is 1. The van der Waals surface area contributed by atoms with Crippen molar-refractivity contribution in [1.82, 2.24) is 15.5 Å². The summed E-state index contributed by atoms with van der Waals surface area (Å²) in [4.78, 5) is 17.3. The summed E-state index contributed by atoms with van der Waals surface area (Å²) in [6.45, 7) is 7.93. The van der Waals surface area contributed by atoms with E-state index in [0.29, 0.717) is 42.9 Å². The van der Waals surface area contributed by atoms with Crippen molar-refractivity contribution >= 4 is 5.91 Å². The van der Waals surface area contributed by atoms with Gasteiger partial charge in [0, 0.05) is 19.1 Å². The minimum atomic E-state index is -0.293. The van der Waals surface area contributed by atoms with Crippen molar-refractivity contribution in [3.05, 3.63) is 23.0 Å². The van der Waals surface area contributed by atoms with Crippen molar-refractivity contribution in [2.45, 2.75) is 58.4 Å². The molecule has 1 N–H and O–H groups in total. The zero-order valence-corrected chi connectivity index (χ0v) is 15.2. The van der Waals surface area contributed by atoms with Crippen molar-refractivity contribution < 1.29 is 18.8 Å². The highest BCUT2D eigenvalue weighted by molar-refractivity contribution is 5.94. The topological polar surface area (TPSA) is 86.5 Å². The summed E-state index contributed by atoms with van der Waals surface area (Å²) in [7, 11) is 0. The molecule has 138 valence electrons. The van der Waals surface area contributed by atoms with Crippen molar-refractivity contribution in [2.24, 2.45) is 5.92 Å². The van der Waals surface area contributed by atoms with Gasteiger partial charge < -0.3 is 19.3 Å². The van der Waals surface area contributed by atoms with E-state index < -0.39 is 0 Å². The van der Waals surface area contributed by atoms with Gasteiger partial charge in [0.1, 0.15) is 11.8 Å². The van der Waals surface area contributed by atoms with Gasteiger partial charge in [-0.05, 0) is 38.5 Å². The molecule has 0 spiro atoms. The van der Waals surface area contributed by atoms with Gasteiger partial charge in [-0.25, -0.2) is 0 Å². The van der Waals surface area contributed by atoms with Gasteiger partial charge in [-0.3, -0.25) is 4.79 Å². The number of carbonyl (C=O) groups is 1. The minimum Gasteiger partial charge on any atom is -0.498 e. The van der Waals surface area contributed by atoms with Gasteiger partial charge in [-0.1, -0.05) is 19.0 Å². The molecule has 2 aliphatic heterocycles. The fourth-order valence-electron chi connectivity index (χ4n) is 3.28. The molecule has 1 fully saturated rings. The van der Waals surface area contributed by atoms with E-state index in [-0.39, 0.29) is 23.8 Å². The van der Waals surface area contributed by atoms with Gasteiger partial charge >= 0.3 is 0 Å². The van der Waals surface area contributed by atoms with Crippen LogP contribution in [0, 0.1) is 5.92 Å². The summed E-state index contributed by atoms with van der Waals surface area (Å²) in [6, 6.07) is -0.293. The molecule has 1 aromatic rings. The van der Waals surface area contributed by atoms with Crippen LogP contribution >= 0.6 is 0 Å². The maximum atomic E-state index is 12.8. The molecule has 0 unspecified atom stereocenters. The summed E-state index contributed by atoms with van der Waals surface area (Å²) in [5.74, 6) is 2.17. The van der Waals surface area contributed by atoms with E-state index in [1.165, 1.54) is 0 Å². The Bertz CT molecular complexity index is 632. The predicted octanol–water partition coefficient (Wildman–Crippen LogP) is 2.86. The standard InChI is InChI=1S/C18H27N3O4/c1-11(2)16-20-18(25-21-16)15(13-6-9-23-10-7-13)19-17(22)14-5-4-8-24-12(14)3/h11,13,15H,4-10H2,1-3H3,(H,19,22)/t15-/m1/s1. The minimum absolute atomic E-state index is 0.0991. The molecular weight excluding hydrogens is 322 g/mol. The smallest absolute Gasteiger partial charge is 0.251 e. The summed E-state index contributed by atoms with van der Waals surface area (Å²) in [6.07, 6.45) is 3.32. The normalized spacial score (nSPS) is 20.5. The van der Waals surface area contributed by atoms with Gasteiger partial charge in [-0.15, -0.1) is 0 Å². The Balaban J connectivity index is 1.81. The van der Waals surface area contributed by atoms with Crippen LogP contribution in [0.3, 0.4) is 0 Å². The van der Waals surface area contributed by atoms with E-state index in [1.54, 1.807) is 0 Å². The summed E-state index contributed by atoms with van der Waals surface area (Å²) in [5, 5.41) is 7.19. The second kappa shape index (κ2) is 7.99. The molecule has 7 nitrogen and oxygen atoms in total. The lowest BCUT2D eigenvalue weighted by Gasteiger charge is -2.29. The van der Waals surface area contributed by atoms with E-state index in [2.05, 4.69) is 15.5 Å². The van der Waals surface area contributed by atoms with E-state index in [1.807, 2.05) is 20.8 Å². The molecule has 2 aliphatic rings. The summed E-state index contributed by atoms with van der Waals surface area (Å²) >= 11 is 0. The van der Waals surface area contributed by atoms with Gasteiger partial charge in [0.25, 0.3) is 5.91 Å². The Kier molecular flexibility index (Phi) is 5.73. The number of aromatic nitrogens is 2. The Morgan fingerprint density at radius 3 is 2.64 bits per heavy atom. The molecule has 1 atom stereocenters. The molecule has 25 heavy (non-hydrogen) atoms. The number of amides is 1. The Labute approximate surface area is 148 Å². The van der Waals surface area contributed by atoms with Crippen molar-refractivity contribution in [3.8, 4) is 0 Å². The van der Waals surface area contributed by atoms with E-state index in [0.717, 1.165) is 25.7 Å². The number of rotatable bonds is 5. The molecule has 0 aliphatic carbocycles. The molecule has 0 bridgehead atoms. The van der Waals surface area contributed by atoms with Crippen LogP contribution in [-0.4, -0.2) is 35.9 Å². The first-order valence-electron chi connectivity index (χ1n) is 9.11. The predicted molar refractivity (Wildman–Crippen MR) is 90.7 cm³/mol. The molecule has 0 aromatic carbocycles. The first kappa shape index (κ1) is 17.9. The molecule has 1 aromatic heterocycles. The van der Waals surface area contributed by atoms with E-state index in [4.69, 9.17) is 14.0 Å². The average Bonchev–Trinajstić information content (AvgIpc) is 3.11. The maximum absolute atomic E-state index is 12.8.